The van der Waals surface area contributed by atoms with Gasteiger partial charge in [-0.2, -0.15) is 0 Å². The Morgan fingerprint density at radius 3 is 2.45 bits per heavy atom. The van der Waals surface area contributed by atoms with E-state index >= 15 is 0 Å². The number of aromatic nitrogens is 2. The van der Waals surface area contributed by atoms with Crippen molar-refractivity contribution in [1.29, 1.82) is 0 Å². The summed E-state index contributed by atoms with van der Waals surface area (Å²) in [5.74, 6) is 0.518. The van der Waals surface area contributed by atoms with Gasteiger partial charge in [-0.05, 0) is 30.2 Å². The summed E-state index contributed by atoms with van der Waals surface area (Å²) in [6.45, 7) is 1.82. The van der Waals surface area contributed by atoms with Crippen molar-refractivity contribution >= 4 is 29.0 Å². The lowest BCUT2D eigenvalue weighted by atomic mass is 10.0. The molecule has 2 aromatic heterocycles. The molecular formula is C24H24ClN3O3. The first-order chi connectivity index (χ1) is 14.9. The fourth-order valence-electron chi connectivity index (χ4n) is 3.11. The van der Waals surface area contributed by atoms with Gasteiger partial charge in [0.05, 0.1) is 12.1 Å². The molecule has 0 saturated heterocycles. The van der Waals surface area contributed by atoms with Crippen molar-refractivity contribution in [1.82, 2.24) is 9.97 Å². The summed E-state index contributed by atoms with van der Waals surface area (Å²) < 4.78 is 5.04. The summed E-state index contributed by atoms with van der Waals surface area (Å²) in [4.78, 5) is 34.4. The van der Waals surface area contributed by atoms with Crippen molar-refractivity contribution in [3.05, 3.63) is 71.1 Å². The molecule has 0 saturated carbocycles. The summed E-state index contributed by atoms with van der Waals surface area (Å²) in [7, 11) is 3.29. The predicted octanol–water partition coefficient (Wildman–Crippen LogP) is 4.99. The van der Waals surface area contributed by atoms with Gasteiger partial charge in [-0.3, -0.25) is 14.6 Å². The van der Waals surface area contributed by atoms with E-state index in [9.17, 15) is 9.59 Å². The van der Waals surface area contributed by atoms with Gasteiger partial charge in [0, 0.05) is 55.2 Å². The normalized spacial score (nSPS) is 10.6. The van der Waals surface area contributed by atoms with Crippen LogP contribution >= 0.6 is 11.6 Å². The lowest BCUT2D eigenvalue weighted by Gasteiger charge is -2.17. The molecule has 0 aliphatic rings. The van der Waals surface area contributed by atoms with Gasteiger partial charge in [0.1, 0.15) is 5.69 Å². The molecule has 3 aromatic rings. The van der Waals surface area contributed by atoms with Crippen LogP contribution in [-0.4, -0.2) is 35.8 Å². The molecule has 160 valence electrons. The molecule has 31 heavy (non-hydrogen) atoms. The molecule has 0 unspecified atom stereocenters. The number of pyridine rings is 2. The fraction of sp³-hybridized carbons (Fsp3) is 0.250. The fourth-order valence-corrected chi connectivity index (χ4v) is 3.40. The zero-order valence-electron chi connectivity index (χ0n) is 17.8. The monoisotopic (exact) mass is 437 g/mol. The van der Waals surface area contributed by atoms with E-state index in [1.807, 2.05) is 31.2 Å². The largest absolute Gasteiger partial charge is 0.481 e. The molecule has 0 aliphatic heterocycles. The summed E-state index contributed by atoms with van der Waals surface area (Å²) in [5, 5.41) is 0.515. The molecule has 1 aromatic carbocycles. The maximum atomic E-state index is 12.5. The van der Waals surface area contributed by atoms with Crippen LogP contribution in [-0.2, 0) is 11.2 Å². The Kier molecular flexibility index (Phi) is 7.36. The number of hydrogen-bond acceptors (Lipinski definition) is 5. The van der Waals surface area contributed by atoms with Crippen molar-refractivity contribution in [2.45, 2.75) is 26.2 Å². The highest BCUT2D eigenvalue weighted by Crippen LogP contribution is 2.31. The van der Waals surface area contributed by atoms with Crippen LogP contribution in [0.5, 0.6) is 5.88 Å². The number of nitrogens with zero attached hydrogens (tertiary/aromatic N) is 3. The Bertz CT molecular complexity index is 1070. The van der Waals surface area contributed by atoms with Gasteiger partial charge in [-0.1, -0.05) is 36.7 Å². The standard InChI is InChI=1S/C24H24ClN3O3/c1-4-24(30)28(2)18-8-9-19(20(25)13-18)17-7-10-21(26-15-17)22(29)11-5-16-6-12-23(31-3)27-14-16/h6-10,12-15H,4-5,11H2,1-3H3. The minimum atomic E-state index is -0.0384. The zero-order valence-corrected chi connectivity index (χ0v) is 18.5. The average molecular weight is 438 g/mol. The first kappa shape index (κ1) is 22.4. The number of methoxy groups -OCH3 is 1. The number of carbonyl (C=O) groups is 2. The number of ketones is 1. The van der Waals surface area contributed by atoms with E-state index in [1.165, 1.54) is 0 Å². The van der Waals surface area contributed by atoms with Crippen LogP contribution in [0.4, 0.5) is 5.69 Å². The number of amides is 1. The van der Waals surface area contributed by atoms with Gasteiger partial charge in [0.15, 0.2) is 5.78 Å². The van der Waals surface area contributed by atoms with E-state index in [-0.39, 0.29) is 11.7 Å². The number of halogens is 1. The van der Waals surface area contributed by atoms with Crippen LogP contribution in [0.25, 0.3) is 11.1 Å². The second-order valence-corrected chi connectivity index (χ2v) is 7.44. The second-order valence-electron chi connectivity index (χ2n) is 7.03. The molecule has 0 radical (unpaired) electrons. The number of benzene rings is 1. The smallest absolute Gasteiger partial charge is 0.226 e. The number of ether oxygens (including phenoxy) is 1. The van der Waals surface area contributed by atoms with Crippen LogP contribution in [0.1, 0.15) is 35.8 Å². The van der Waals surface area contributed by atoms with Crippen LogP contribution < -0.4 is 9.64 Å². The van der Waals surface area contributed by atoms with Crippen LogP contribution in [0.2, 0.25) is 5.02 Å². The SMILES string of the molecule is CCC(=O)N(C)c1ccc(-c2ccc(C(=O)CCc3ccc(OC)nc3)nc2)c(Cl)c1. The van der Waals surface area contributed by atoms with Crippen molar-refractivity contribution in [2.75, 3.05) is 19.1 Å². The van der Waals surface area contributed by atoms with Crippen LogP contribution in [0.3, 0.4) is 0 Å². The van der Waals surface area contributed by atoms with E-state index in [1.54, 1.807) is 49.7 Å². The van der Waals surface area contributed by atoms with Crippen molar-refractivity contribution in [3.8, 4) is 17.0 Å². The maximum Gasteiger partial charge on any atom is 0.226 e. The average Bonchev–Trinajstić information content (AvgIpc) is 2.81. The molecule has 0 spiro atoms. The minimum Gasteiger partial charge on any atom is -0.481 e. The van der Waals surface area contributed by atoms with Crippen molar-refractivity contribution in [2.24, 2.45) is 0 Å². The molecule has 2 heterocycles. The molecule has 0 bridgehead atoms. The number of carbonyl (C=O) groups excluding carboxylic acids is 2. The molecule has 0 fully saturated rings. The number of anilines is 1. The third kappa shape index (κ3) is 5.47. The highest BCUT2D eigenvalue weighted by Gasteiger charge is 2.13. The molecule has 0 aliphatic carbocycles. The second kappa shape index (κ2) is 10.2. The summed E-state index contributed by atoms with van der Waals surface area (Å²) in [6.07, 6.45) is 4.69. The third-order valence-electron chi connectivity index (χ3n) is 5.02. The minimum absolute atomic E-state index is 0.0127. The quantitative estimate of drug-likeness (QED) is 0.464. The van der Waals surface area contributed by atoms with Crippen molar-refractivity contribution in [3.63, 3.8) is 0 Å². The Morgan fingerprint density at radius 1 is 1.06 bits per heavy atom. The van der Waals surface area contributed by atoms with Gasteiger partial charge < -0.3 is 9.64 Å². The molecule has 6 nitrogen and oxygen atoms in total. The third-order valence-corrected chi connectivity index (χ3v) is 5.34. The lowest BCUT2D eigenvalue weighted by Crippen LogP contribution is -2.24. The highest BCUT2D eigenvalue weighted by molar-refractivity contribution is 6.33. The first-order valence-electron chi connectivity index (χ1n) is 9.97. The Labute approximate surface area is 186 Å². The molecule has 3 rings (SSSR count). The topological polar surface area (TPSA) is 72.4 Å². The summed E-state index contributed by atoms with van der Waals surface area (Å²) in [6, 6.07) is 12.7. The van der Waals surface area contributed by atoms with E-state index in [2.05, 4.69) is 9.97 Å². The predicted molar refractivity (Wildman–Crippen MR) is 122 cm³/mol. The molecule has 0 N–H and O–H groups in total. The van der Waals surface area contributed by atoms with Gasteiger partial charge in [-0.25, -0.2) is 4.98 Å². The number of hydrogen-bond donors (Lipinski definition) is 0. The van der Waals surface area contributed by atoms with E-state index in [0.29, 0.717) is 35.9 Å². The van der Waals surface area contributed by atoms with Crippen LogP contribution in [0.15, 0.2) is 54.9 Å². The van der Waals surface area contributed by atoms with E-state index in [4.69, 9.17) is 16.3 Å². The highest BCUT2D eigenvalue weighted by atomic mass is 35.5. The Morgan fingerprint density at radius 2 is 1.87 bits per heavy atom. The van der Waals surface area contributed by atoms with Crippen LogP contribution in [0, 0.1) is 0 Å². The van der Waals surface area contributed by atoms with E-state index < -0.39 is 0 Å². The number of rotatable bonds is 8. The van der Waals surface area contributed by atoms with Gasteiger partial charge in [0.2, 0.25) is 11.8 Å². The van der Waals surface area contributed by atoms with E-state index in [0.717, 1.165) is 22.4 Å². The number of aryl methyl sites for hydroxylation is 1. The Hall–Kier alpha value is -3.25. The summed E-state index contributed by atoms with van der Waals surface area (Å²) >= 11 is 6.45. The van der Waals surface area contributed by atoms with Gasteiger partial charge in [0.25, 0.3) is 0 Å². The number of Topliss-reactive ketones (excluding diaryl/α,β-unsaturated/α-hetero) is 1. The molecule has 1 amide bonds. The molecule has 7 heteroatoms. The Balaban J connectivity index is 1.67. The zero-order chi connectivity index (χ0) is 22.4. The maximum absolute atomic E-state index is 12.5. The van der Waals surface area contributed by atoms with Gasteiger partial charge in [-0.15, -0.1) is 0 Å². The molecular weight excluding hydrogens is 414 g/mol. The van der Waals surface area contributed by atoms with Gasteiger partial charge >= 0.3 is 0 Å². The molecule has 0 atom stereocenters. The summed E-state index contributed by atoms with van der Waals surface area (Å²) in [5.41, 5.74) is 3.69. The lowest BCUT2D eigenvalue weighted by molar-refractivity contribution is -0.118. The van der Waals surface area contributed by atoms with Crippen molar-refractivity contribution < 1.29 is 14.3 Å². The first-order valence-corrected chi connectivity index (χ1v) is 10.4.